The number of hydrogen-bond acceptors (Lipinski definition) is 4. The Morgan fingerprint density at radius 3 is 2.82 bits per heavy atom. The van der Waals surface area contributed by atoms with Gasteiger partial charge in [0.1, 0.15) is 11.5 Å². The zero-order valence-electron chi connectivity index (χ0n) is 9.99. The van der Waals surface area contributed by atoms with Crippen LogP contribution in [0.15, 0.2) is 6.07 Å². The fraction of sp³-hybridized carbons (Fsp3) is 0.462. The third kappa shape index (κ3) is 1.78. The summed E-state index contributed by atoms with van der Waals surface area (Å²) >= 11 is 0. The van der Waals surface area contributed by atoms with Crippen LogP contribution < -0.4 is 4.74 Å². The highest BCUT2D eigenvalue weighted by Crippen LogP contribution is 2.41. The molecule has 1 aliphatic rings. The second-order valence-corrected chi connectivity index (χ2v) is 4.20. The summed E-state index contributed by atoms with van der Waals surface area (Å²) in [6.07, 6.45) is 0.552. The number of ether oxygens (including phenoxy) is 1. The average Bonchev–Trinajstić information content (AvgIpc) is 2.33. The summed E-state index contributed by atoms with van der Waals surface area (Å²) in [5.41, 5.74) is 1.36. The van der Waals surface area contributed by atoms with Gasteiger partial charge in [-0.1, -0.05) is 6.92 Å². The Kier molecular flexibility index (Phi) is 3.07. The van der Waals surface area contributed by atoms with E-state index in [0.717, 1.165) is 0 Å². The third-order valence-corrected chi connectivity index (χ3v) is 3.25. The molecule has 0 spiro atoms. The van der Waals surface area contributed by atoms with Gasteiger partial charge in [-0.3, -0.25) is 4.79 Å². The summed E-state index contributed by atoms with van der Waals surface area (Å²) in [5.74, 6) is 0.378. The molecule has 0 saturated heterocycles. The van der Waals surface area contributed by atoms with Gasteiger partial charge in [-0.25, -0.2) is 0 Å². The fourth-order valence-electron chi connectivity index (χ4n) is 2.33. The van der Waals surface area contributed by atoms with E-state index >= 15 is 0 Å². The SMILES string of the molecule is CCc1c(OC)cc2c(c1O)C(=O)CC[C@@H]2O. The van der Waals surface area contributed by atoms with Gasteiger partial charge in [-0.05, 0) is 24.5 Å². The number of fused-ring (bicyclic) bond motifs is 1. The minimum atomic E-state index is -0.701. The first-order valence-corrected chi connectivity index (χ1v) is 5.74. The van der Waals surface area contributed by atoms with Gasteiger partial charge >= 0.3 is 0 Å². The Morgan fingerprint density at radius 1 is 1.53 bits per heavy atom. The van der Waals surface area contributed by atoms with Crippen molar-refractivity contribution in [1.29, 1.82) is 0 Å². The van der Waals surface area contributed by atoms with E-state index in [4.69, 9.17) is 4.74 Å². The van der Waals surface area contributed by atoms with Gasteiger partial charge in [0.15, 0.2) is 5.78 Å². The van der Waals surface area contributed by atoms with Crippen LogP contribution in [0.2, 0.25) is 0 Å². The number of carbonyl (C=O) groups is 1. The molecule has 0 amide bonds. The molecule has 0 bridgehead atoms. The van der Waals surface area contributed by atoms with E-state index in [0.29, 0.717) is 29.7 Å². The molecule has 0 unspecified atom stereocenters. The zero-order chi connectivity index (χ0) is 12.6. The molecule has 0 heterocycles. The minimum Gasteiger partial charge on any atom is -0.507 e. The van der Waals surface area contributed by atoms with Crippen molar-refractivity contribution in [3.8, 4) is 11.5 Å². The Bertz CT molecular complexity index is 465. The number of aliphatic hydroxyl groups excluding tert-OH is 1. The van der Waals surface area contributed by atoms with Gasteiger partial charge < -0.3 is 14.9 Å². The number of phenolic OH excluding ortho intramolecular Hbond substituents is 1. The number of methoxy groups -OCH3 is 1. The van der Waals surface area contributed by atoms with Crippen molar-refractivity contribution in [2.75, 3.05) is 7.11 Å². The number of hydrogen-bond donors (Lipinski definition) is 2. The van der Waals surface area contributed by atoms with Crippen molar-refractivity contribution in [2.45, 2.75) is 32.3 Å². The fourth-order valence-corrected chi connectivity index (χ4v) is 2.33. The van der Waals surface area contributed by atoms with Crippen LogP contribution in [0.4, 0.5) is 0 Å². The largest absolute Gasteiger partial charge is 0.507 e. The number of phenols is 1. The Labute approximate surface area is 99.8 Å². The Morgan fingerprint density at radius 2 is 2.24 bits per heavy atom. The third-order valence-electron chi connectivity index (χ3n) is 3.25. The van der Waals surface area contributed by atoms with E-state index < -0.39 is 6.10 Å². The molecule has 0 radical (unpaired) electrons. The lowest BCUT2D eigenvalue weighted by molar-refractivity contribution is 0.0892. The van der Waals surface area contributed by atoms with Crippen molar-refractivity contribution in [3.05, 3.63) is 22.8 Å². The predicted molar refractivity (Wildman–Crippen MR) is 62.6 cm³/mol. The molecule has 17 heavy (non-hydrogen) atoms. The molecule has 0 fully saturated rings. The summed E-state index contributed by atoms with van der Waals surface area (Å²) in [6.45, 7) is 1.88. The molecule has 1 aliphatic carbocycles. The highest BCUT2D eigenvalue weighted by molar-refractivity contribution is 6.02. The van der Waals surface area contributed by atoms with Gasteiger partial charge in [0, 0.05) is 12.0 Å². The van der Waals surface area contributed by atoms with Crippen molar-refractivity contribution in [3.63, 3.8) is 0 Å². The second kappa shape index (κ2) is 4.37. The van der Waals surface area contributed by atoms with Crippen molar-refractivity contribution < 1.29 is 19.7 Å². The van der Waals surface area contributed by atoms with Crippen LogP contribution in [0.1, 0.15) is 47.4 Å². The van der Waals surface area contributed by atoms with E-state index in [1.165, 1.54) is 7.11 Å². The van der Waals surface area contributed by atoms with E-state index in [1.54, 1.807) is 6.07 Å². The first kappa shape index (κ1) is 11.9. The first-order chi connectivity index (χ1) is 8.10. The van der Waals surface area contributed by atoms with Crippen LogP contribution >= 0.6 is 0 Å². The molecule has 0 aliphatic heterocycles. The summed E-state index contributed by atoms with van der Waals surface area (Å²) in [5, 5.41) is 20.0. The molecular weight excluding hydrogens is 220 g/mol. The maximum Gasteiger partial charge on any atom is 0.167 e. The molecule has 0 saturated carbocycles. The van der Waals surface area contributed by atoms with Crippen molar-refractivity contribution >= 4 is 5.78 Å². The summed E-state index contributed by atoms with van der Waals surface area (Å²) in [6, 6.07) is 1.66. The number of rotatable bonds is 2. The van der Waals surface area contributed by atoms with Gasteiger partial charge in [0.25, 0.3) is 0 Å². The van der Waals surface area contributed by atoms with E-state index in [9.17, 15) is 15.0 Å². The van der Waals surface area contributed by atoms with E-state index in [1.807, 2.05) is 6.92 Å². The molecule has 2 rings (SSSR count). The number of ketones is 1. The Hall–Kier alpha value is -1.55. The van der Waals surface area contributed by atoms with Crippen molar-refractivity contribution in [2.24, 2.45) is 0 Å². The highest BCUT2D eigenvalue weighted by atomic mass is 16.5. The Balaban J connectivity index is 2.70. The molecule has 1 atom stereocenters. The monoisotopic (exact) mass is 236 g/mol. The van der Waals surface area contributed by atoms with Gasteiger partial charge in [-0.15, -0.1) is 0 Å². The minimum absolute atomic E-state index is 0.0365. The second-order valence-electron chi connectivity index (χ2n) is 4.20. The lowest BCUT2D eigenvalue weighted by Crippen LogP contribution is -2.16. The van der Waals surface area contributed by atoms with Crippen molar-refractivity contribution in [1.82, 2.24) is 0 Å². The summed E-state index contributed by atoms with van der Waals surface area (Å²) in [4.78, 5) is 11.8. The number of aliphatic hydroxyl groups is 1. The molecule has 1 aromatic rings. The molecule has 4 heteroatoms. The number of aromatic hydroxyl groups is 1. The first-order valence-electron chi connectivity index (χ1n) is 5.74. The number of benzene rings is 1. The molecule has 92 valence electrons. The van der Waals surface area contributed by atoms with Gasteiger partial charge in [-0.2, -0.15) is 0 Å². The highest BCUT2D eigenvalue weighted by Gasteiger charge is 2.29. The smallest absolute Gasteiger partial charge is 0.167 e. The normalized spacial score (nSPS) is 19.0. The van der Waals surface area contributed by atoms with Crippen LogP contribution in [0.5, 0.6) is 11.5 Å². The molecule has 2 N–H and O–H groups in total. The van der Waals surface area contributed by atoms with Crippen LogP contribution in [0.3, 0.4) is 0 Å². The summed E-state index contributed by atoms with van der Waals surface area (Å²) < 4.78 is 5.18. The van der Waals surface area contributed by atoms with E-state index in [2.05, 4.69) is 0 Å². The maximum atomic E-state index is 11.8. The molecule has 0 aromatic heterocycles. The number of carbonyl (C=O) groups excluding carboxylic acids is 1. The van der Waals surface area contributed by atoms with Crippen LogP contribution in [0.25, 0.3) is 0 Å². The van der Waals surface area contributed by atoms with Crippen LogP contribution in [0, 0.1) is 0 Å². The lowest BCUT2D eigenvalue weighted by atomic mass is 9.85. The number of Topliss-reactive ketones (excluding diaryl/α,β-unsaturated/α-hetero) is 1. The van der Waals surface area contributed by atoms with Crippen LogP contribution in [-0.4, -0.2) is 23.1 Å². The maximum absolute atomic E-state index is 11.8. The van der Waals surface area contributed by atoms with E-state index in [-0.39, 0.29) is 23.5 Å². The molecule has 4 nitrogen and oxygen atoms in total. The standard InChI is InChI=1S/C13H16O4/c1-3-7-11(17-2)6-8-9(14)4-5-10(15)12(8)13(7)16/h6,9,14,16H,3-5H2,1-2H3/t9-/m0/s1. The van der Waals surface area contributed by atoms with Crippen LogP contribution in [-0.2, 0) is 6.42 Å². The topological polar surface area (TPSA) is 66.8 Å². The van der Waals surface area contributed by atoms with Gasteiger partial charge in [0.05, 0.1) is 18.8 Å². The lowest BCUT2D eigenvalue weighted by Gasteiger charge is -2.23. The molecule has 1 aromatic carbocycles. The predicted octanol–water partition coefficient (Wildman–Crippen LogP) is 1.97. The summed E-state index contributed by atoms with van der Waals surface area (Å²) in [7, 11) is 1.51. The average molecular weight is 236 g/mol. The molecular formula is C13H16O4. The zero-order valence-corrected chi connectivity index (χ0v) is 9.99. The van der Waals surface area contributed by atoms with Gasteiger partial charge in [0.2, 0.25) is 0 Å². The quantitative estimate of drug-likeness (QED) is 0.823.